The number of carbonyl (C=O) groups is 1. The van der Waals surface area contributed by atoms with Crippen molar-refractivity contribution in [3.8, 4) is 22.1 Å². The molecule has 3 rings (SSSR count). The Balaban J connectivity index is 1.95. The largest absolute Gasteiger partial charge is 0.464 e. The molecular weight excluding hydrogens is 254 g/mol. The average molecular weight is 263 g/mol. The molecule has 1 aliphatic heterocycles. The van der Waals surface area contributed by atoms with Gasteiger partial charge in [0.05, 0.1) is 7.11 Å². The minimum absolute atomic E-state index is 0.240. The number of thiazole rings is 1. The Morgan fingerprint density at radius 1 is 1.39 bits per heavy atom. The number of fused-ring (bicyclic) bond motifs is 1. The first-order chi connectivity index (χ1) is 8.78. The van der Waals surface area contributed by atoms with Gasteiger partial charge in [0.1, 0.15) is 5.01 Å². The lowest BCUT2D eigenvalue weighted by atomic mass is 10.2. The molecule has 0 unspecified atom stereocenters. The third-order valence-corrected chi connectivity index (χ3v) is 3.41. The first kappa shape index (κ1) is 11.0. The van der Waals surface area contributed by atoms with Gasteiger partial charge in [-0.2, -0.15) is 0 Å². The van der Waals surface area contributed by atoms with Crippen LogP contribution in [0.25, 0.3) is 10.6 Å². The molecule has 0 bridgehead atoms. The summed E-state index contributed by atoms with van der Waals surface area (Å²) in [5.74, 6) is 0.990. The number of hydrogen-bond donors (Lipinski definition) is 0. The minimum Gasteiger partial charge on any atom is -0.464 e. The highest BCUT2D eigenvalue weighted by atomic mass is 32.1. The standard InChI is InChI=1S/C12H9NO4S/c1-15-12(14)8-5-18-11(13-8)7-2-3-9-10(4-7)17-6-16-9/h2-5H,6H2,1H3. The van der Waals surface area contributed by atoms with Gasteiger partial charge in [0.25, 0.3) is 0 Å². The first-order valence-electron chi connectivity index (χ1n) is 5.22. The number of rotatable bonds is 2. The average Bonchev–Trinajstić information content (AvgIpc) is 3.05. The van der Waals surface area contributed by atoms with Gasteiger partial charge in [0.15, 0.2) is 17.2 Å². The van der Waals surface area contributed by atoms with Crippen LogP contribution in [0.5, 0.6) is 11.5 Å². The Kier molecular flexibility index (Phi) is 2.64. The number of aromatic nitrogens is 1. The number of nitrogens with zero attached hydrogens (tertiary/aromatic N) is 1. The molecule has 0 N–H and O–H groups in total. The van der Waals surface area contributed by atoms with Gasteiger partial charge in [-0.05, 0) is 18.2 Å². The first-order valence-corrected chi connectivity index (χ1v) is 6.10. The molecule has 0 aliphatic carbocycles. The fourth-order valence-corrected chi connectivity index (χ4v) is 2.42. The summed E-state index contributed by atoms with van der Waals surface area (Å²) in [6.45, 7) is 0.240. The van der Waals surface area contributed by atoms with Crippen LogP contribution in [0, 0.1) is 0 Å². The van der Waals surface area contributed by atoms with Crippen molar-refractivity contribution in [2.75, 3.05) is 13.9 Å². The maximum atomic E-state index is 11.3. The van der Waals surface area contributed by atoms with Gasteiger partial charge >= 0.3 is 5.97 Å². The van der Waals surface area contributed by atoms with Crippen molar-refractivity contribution in [2.45, 2.75) is 0 Å². The van der Waals surface area contributed by atoms with Crippen molar-refractivity contribution >= 4 is 17.3 Å². The molecule has 2 aromatic rings. The van der Waals surface area contributed by atoms with Gasteiger partial charge in [-0.3, -0.25) is 0 Å². The predicted molar refractivity (Wildman–Crippen MR) is 65.0 cm³/mol. The zero-order valence-electron chi connectivity index (χ0n) is 9.50. The van der Waals surface area contributed by atoms with E-state index in [1.807, 2.05) is 18.2 Å². The summed E-state index contributed by atoms with van der Waals surface area (Å²) in [4.78, 5) is 15.5. The van der Waals surface area contributed by atoms with Crippen LogP contribution < -0.4 is 9.47 Å². The molecule has 6 heteroatoms. The Morgan fingerprint density at radius 3 is 3.06 bits per heavy atom. The van der Waals surface area contributed by atoms with Crippen molar-refractivity contribution in [3.05, 3.63) is 29.3 Å². The maximum absolute atomic E-state index is 11.3. The van der Waals surface area contributed by atoms with Crippen LogP contribution in [0.1, 0.15) is 10.5 Å². The lowest BCUT2D eigenvalue weighted by Crippen LogP contribution is -2.00. The summed E-state index contributed by atoms with van der Waals surface area (Å²) < 4.78 is 15.2. The molecule has 0 amide bonds. The molecule has 5 nitrogen and oxygen atoms in total. The van der Waals surface area contributed by atoms with Gasteiger partial charge in [0.2, 0.25) is 6.79 Å². The molecule has 0 saturated carbocycles. The summed E-state index contributed by atoms with van der Waals surface area (Å²) in [5, 5.41) is 2.42. The van der Waals surface area contributed by atoms with Crippen LogP contribution in [0.2, 0.25) is 0 Å². The van der Waals surface area contributed by atoms with E-state index in [1.165, 1.54) is 18.4 Å². The third-order valence-electron chi connectivity index (χ3n) is 2.52. The smallest absolute Gasteiger partial charge is 0.357 e. The van der Waals surface area contributed by atoms with E-state index >= 15 is 0 Å². The van der Waals surface area contributed by atoms with Crippen LogP contribution in [0.3, 0.4) is 0 Å². The minimum atomic E-state index is -0.432. The normalized spacial score (nSPS) is 12.5. The number of hydrogen-bond acceptors (Lipinski definition) is 6. The number of ether oxygens (including phenoxy) is 3. The highest BCUT2D eigenvalue weighted by molar-refractivity contribution is 7.13. The Hall–Kier alpha value is -2.08. The van der Waals surface area contributed by atoms with E-state index in [0.29, 0.717) is 11.4 Å². The third kappa shape index (κ3) is 1.80. The number of carbonyl (C=O) groups excluding carboxylic acids is 1. The van der Waals surface area contributed by atoms with Crippen molar-refractivity contribution < 1.29 is 19.0 Å². The highest BCUT2D eigenvalue weighted by Crippen LogP contribution is 2.36. The van der Waals surface area contributed by atoms with E-state index in [1.54, 1.807) is 5.38 Å². The quantitative estimate of drug-likeness (QED) is 0.778. The van der Waals surface area contributed by atoms with Crippen LogP contribution in [-0.4, -0.2) is 24.9 Å². The summed E-state index contributed by atoms with van der Waals surface area (Å²) in [6, 6.07) is 5.56. The van der Waals surface area contributed by atoms with Gasteiger partial charge in [-0.25, -0.2) is 9.78 Å². The van der Waals surface area contributed by atoms with E-state index in [2.05, 4.69) is 9.72 Å². The van der Waals surface area contributed by atoms with Crippen LogP contribution in [0.15, 0.2) is 23.6 Å². The van der Waals surface area contributed by atoms with Crippen molar-refractivity contribution in [3.63, 3.8) is 0 Å². The molecule has 2 heterocycles. The second-order valence-corrected chi connectivity index (χ2v) is 4.46. The van der Waals surface area contributed by atoms with E-state index < -0.39 is 5.97 Å². The number of methoxy groups -OCH3 is 1. The SMILES string of the molecule is COC(=O)c1csc(-c2ccc3c(c2)OCO3)n1. The van der Waals surface area contributed by atoms with Crippen molar-refractivity contribution in [1.29, 1.82) is 0 Å². The monoisotopic (exact) mass is 263 g/mol. The zero-order valence-corrected chi connectivity index (χ0v) is 10.3. The molecular formula is C12H9NO4S. The highest BCUT2D eigenvalue weighted by Gasteiger charge is 2.16. The van der Waals surface area contributed by atoms with Gasteiger partial charge in [-0.15, -0.1) is 11.3 Å². The van der Waals surface area contributed by atoms with Crippen LogP contribution in [0.4, 0.5) is 0 Å². The lowest BCUT2D eigenvalue weighted by Gasteiger charge is -1.99. The van der Waals surface area contributed by atoms with Crippen LogP contribution >= 0.6 is 11.3 Å². The summed E-state index contributed by atoms with van der Waals surface area (Å²) in [6.07, 6.45) is 0. The van der Waals surface area contributed by atoms with Gasteiger partial charge in [0, 0.05) is 10.9 Å². The molecule has 1 aromatic carbocycles. The second-order valence-electron chi connectivity index (χ2n) is 3.60. The van der Waals surface area contributed by atoms with Gasteiger partial charge < -0.3 is 14.2 Å². The fourth-order valence-electron chi connectivity index (χ4n) is 1.63. The lowest BCUT2D eigenvalue weighted by molar-refractivity contribution is 0.0595. The molecule has 0 fully saturated rings. The van der Waals surface area contributed by atoms with E-state index in [9.17, 15) is 4.79 Å². The molecule has 0 spiro atoms. The van der Waals surface area contributed by atoms with E-state index in [0.717, 1.165) is 16.3 Å². The summed E-state index contributed by atoms with van der Waals surface area (Å²) in [7, 11) is 1.34. The molecule has 0 atom stereocenters. The summed E-state index contributed by atoms with van der Waals surface area (Å²) >= 11 is 1.38. The molecule has 92 valence electrons. The topological polar surface area (TPSA) is 57.7 Å². The molecule has 1 aliphatic rings. The fraction of sp³-hybridized carbons (Fsp3) is 0.167. The Bertz CT molecular complexity index is 608. The van der Waals surface area contributed by atoms with E-state index in [-0.39, 0.29) is 6.79 Å². The molecule has 18 heavy (non-hydrogen) atoms. The van der Waals surface area contributed by atoms with Crippen molar-refractivity contribution in [1.82, 2.24) is 4.98 Å². The molecule has 0 radical (unpaired) electrons. The Labute approximate surface area is 107 Å². The van der Waals surface area contributed by atoms with E-state index in [4.69, 9.17) is 9.47 Å². The summed E-state index contributed by atoms with van der Waals surface area (Å²) in [5.41, 5.74) is 1.20. The maximum Gasteiger partial charge on any atom is 0.357 e. The molecule has 1 aromatic heterocycles. The second kappa shape index (κ2) is 4.30. The Morgan fingerprint density at radius 2 is 2.22 bits per heavy atom. The van der Waals surface area contributed by atoms with Crippen LogP contribution in [-0.2, 0) is 4.74 Å². The molecule has 0 saturated heterocycles. The number of esters is 1. The van der Waals surface area contributed by atoms with Crippen molar-refractivity contribution in [2.24, 2.45) is 0 Å². The van der Waals surface area contributed by atoms with Gasteiger partial charge in [-0.1, -0.05) is 0 Å². The number of benzene rings is 1. The zero-order chi connectivity index (χ0) is 12.5. The predicted octanol–water partition coefficient (Wildman–Crippen LogP) is 2.33.